The van der Waals surface area contributed by atoms with Crippen LogP contribution in [-0.4, -0.2) is 13.1 Å². The van der Waals surface area contributed by atoms with Gasteiger partial charge in [0.2, 0.25) is 0 Å². The Balaban J connectivity index is 1.77. The van der Waals surface area contributed by atoms with Gasteiger partial charge in [0.1, 0.15) is 0 Å². The van der Waals surface area contributed by atoms with E-state index in [9.17, 15) is 4.79 Å². The van der Waals surface area contributed by atoms with Crippen molar-refractivity contribution >= 4 is 17.3 Å². The molecule has 0 aromatic carbocycles. The molecule has 3 nitrogen and oxygen atoms in total. The zero-order valence-corrected chi connectivity index (χ0v) is 14.0. The summed E-state index contributed by atoms with van der Waals surface area (Å²) in [6.07, 6.45) is 6.55. The minimum Gasteiger partial charge on any atom is -0.467 e. The lowest BCUT2D eigenvalue weighted by molar-refractivity contribution is -0.146. The fraction of sp³-hybridized carbons (Fsp3) is 0.500. The van der Waals surface area contributed by atoms with Crippen molar-refractivity contribution in [2.24, 2.45) is 17.3 Å². The molecule has 0 saturated heterocycles. The maximum absolute atomic E-state index is 12.5. The monoisotopic (exact) mass is 315 g/mol. The number of thiophene rings is 1. The zero-order valence-electron chi connectivity index (χ0n) is 13.2. The molecule has 1 aromatic heterocycles. The second-order valence-corrected chi connectivity index (χ2v) is 8.15. The third-order valence-electron chi connectivity index (χ3n) is 5.95. The van der Waals surface area contributed by atoms with Gasteiger partial charge in [-0.25, -0.2) is 4.79 Å². The molecule has 2 bridgehead atoms. The van der Waals surface area contributed by atoms with Gasteiger partial charge in [-0.3, -0.25) is 0 Å². The molecule has 0 amide bonds. The number of nitrogens with one attached hydrogen (secondary N) is 1. The molecule has 1 aromatic rings. The van der Waals surface area contributed by atoms with Crippen LogP contribution >= 0.6 is 11.3 Å². The number of allylic oxidation sites excluding steroid dienone is 2. The minimum atomic E-state index is -0.852. The van der Waals surface area contributed by atoms with Gasteiger partial charge in [0.15, 0.2) is 5.54 Å². The lowest BCUT2D eigenvalue weighted by atomic mass is 9.46. The van der Waals surface area contributed by atoms with E-state index in [1.54, 1.807) is 11.3 Å². The SMILES string of the molecule is COC(=O)C1(c2cccs2)C=C2C[C@@H]3C[C@H](C2=CN1)C3(C)C. The van der Waals surface area contributed by atoms with Crippen LogP contribution in [0.5, 0.6) is 0 Å². The number of ether oxygens (including phenoxy) is 1. The van der Waals surface area contributed by atoms with Crippen LogP contribution in [0.3, 0.4) is 0 Å². The topological polar surface area (TPSA) is 38.3 Å². The molecule has 4 aliphatic rings. The number of methoxy groups -OCH3 is 1. The number of rotatable bonds is 2. The smallest absolute Gasteiger partial charge is 0.341 e. The van der Waals surface area contributed by atoms with E-state index in [0.29, 0.717) is 11.3 Å². The Morgan fingerprint density at radius 1 is 1.45 bits per heavy atom. The van der Waals surface area contributed by atoms with E-state index in [2.05, 4.69) is 31.4 Å². The molecule has 3 saturated carbocycles. The minimum absolute atomic E-state index is 0.240. The summed E-state index contributed by atoms with van der Waals surface area (Å²) in [5.41, 5.74) is 2.26. The second-order valence-electron chi connectivity index (χ2n) is 7.20. The molecule has 0 spiro atoms. The summed E-state index contributed by atoms with van der Waals surface area (Å²) in [5.74, 6) is 1.11. The lowest BCUT2D eigenvalue weighted by Gasteiger charge is -2.59. The second kappa shape index (κ2) is 4.48. The third-order valence-corrected chi connectivity index (χ3v) is 6.95. The maximum Gasteiger partial charge on any atom is 0.341 e. The lowest BCUT2D eigenvalue weighted by Crippen LogP contribution is -2.54. The summed E-state index contributed by atoms with van der Waals surface area (Å²) in [4.78, 5) is 13.5. The molecule has 2 heterocycles. The molecular formula is C18H21NO2S. The fourth-order valence-corrected chi connectivity index (χ4v) is 5.20. The number of hydrogen-bond donors (Lipinski definition) is 1. The van der Waals surface area contributed by atoms with Gasteiger partial charge in [0.25, 0.3) is 0 Å². The van der Waals surface area contributed by atoms with E-state index in [0.717, 1.165) is 17.2 Å². The highest BCUT2D eigenvalue weighted by Crippen LogP contribution is 2.63. The summed E-state index contributed by atoms with van der Waals surface area (Å²) in [5, 5.41) is 5.38. The van der Waals surface area contributed by atoms with Crippen LogP contribution in [-0.2, 0) is 15.1 Å². The van der Waals surface area contributed by atoms with Crippen molar-refractivity contribution in [2.45, 2.75) is 32.2 Å². The number of carbonyl (C=O) groups is 1. The van der Waals surface area contributed by atoms with Crippen molar-refractivity contribution in [1.82, 2.24) is 5.32 Å². The van der Waals surface area contributed by atoms with Crippen molar-refractivity contribution < 1.29 is 9.53 Å². The Morgan fingerprint density at radius 2 is 2.27 bits per heavy atom. The van der Waals surface area contributed by atoms with Gasteiger partial charge in [-0.05, 0) is 58.8 Å². The number of hydrogen-bond acceptors (Lipinski definition) is 4. The molecule has 3 fully saturated rings. The van der Waals surface area contributed by atoms with E-state index < -0.39 is 5.54 Å². The summed E-state index contributed by atoms with van der Waals surface area (Å²) in [6.45, 7) is 4.73. The quantitative estimate of drug-likeness (QED) is 0.848. The summed E-state index contributed by atoms with van der Waals surface area (Å²) >= 11 is 1.59. The highest BCUT2D eigenvalue weighted by molar-refractivity contribution is 7.10. The number of esters is 1. The van der Waals surface area contributed by atoms with Crippen molar-refractivity contribution in [3.63, 3.8) is 0 Å². The molecule has 1 aliphatic heterocycles. The van der Waals surface area contributed by atoms with Crippen molar-refractivity contribution in [2.75, 3.05) is 7.11 Å². The third kappa shape index (κ3) is 1.64. The van der Waals surface area contributed by atoms with Crippen LogP contribution in [0.2, 0.25) is 0 Å². The van der Waals surface area contributed by atoms with Gasteiger partial charge < -0.3 is 10.1 Å². The van der Waals surface area contributed by atoms with E-state index in [4.69, 9.17) is 4.74 Å². The van der Waals surface area contributed by atoms with Gasteiger partial charge in [-0.15, -0.1) is 11.3 Å². The fourth-order valence-electron chi connectivity index (χ4n) is 4.35. The first-order valence-corrected chi connectivity index (χ1v) is 8.69. The first-order chi connectivity index (χ1) is 10.5. The molecule has 3 atom stereocenters. The first kappa shape index (κ1) is 14.1. The van der Waals surface area contributed by atoms with Crippen molar-refractivity contribution in [3.8, 4) is 0 Å². The maximum atomic E-state index is 12.5. The van der Waals surface area contributed by atoms with Crippen LogP contribution in [0.15, 0.2) is 40.9 Å². The van der Waals surface area contributed by atoms with Gasteiger partial charge in [0, 0.05) is 11.1 Å². The standard InChI is InChI=1S/C18H21NO2S/c1-17(2)12-7-11-9-18(16(20)21-3,15-5-4-6-22-15)19-10-13(11)14(17)8-12/h4-6,9-10,12,14,19H,7-8H2,1-3H3/t12-,14-,18?/m1/s1. The molecule has 3 aliphatic carbocycles. The molecule has 116 valence electrons. The predicted molar refractivity (Wildman–Crippen MR) is 87.3 cm³/mol. The Labute approximate surface area is 135 Å². The van der Waals surface area contributed by atoms with Gasteiger partial charge in [-0.1, -0.05) is 19.9 Å². The average molecular weight is 315 g/mol. The number of dihydropyridines is 1. The molecule has 1 unspecified atom stereocenters. The van der Waals surface area contributed by atoms with Crippen LogP contribution in [0.4, 0.5) is 0 Å². The van der Waals surface area contributed by atoms with E-state index >= 15 is 0 Å². The Morgan fingerprint density at radius 3 is 2.91 bits per heavy atom. The molecule has 22 heavy (non-hydrogen) atoms. The normalized spacial score (nSPS) is 34.5. The average Bonchev–Trinajstić information content (AvgIpc) is 3.07. The van der Waals surface area contributed by atoms with Crippen molar-refractivity contribution in [1.29, 1.82) is 0 Å². The molecular weight excluding hydrogens is 294 g/mol. The Bertz CT molecular complexity index is 686. The molecule has 0 radical (unpaired) electrons. The summed E-state index contributed by atoms with van der Waals surface area (Å²) < 4.78 is 5.11. The van der Waals surface area contributed by atoms with Crippen LogP contribution in [0, 0.1) is 17.3 Å². The molecule has 1 N–H and O–H groups in total. The zero-order chi connectivity index (χ0) is 15.5. The van der Waals surface area contributed by atoms with Gasteiger partial charge >= 0.3 is 5.97 Å². The van der Waals surface area contributed by atoms with E-state index in [-0.39, 0.29) is 5.97 Å². The molecule has 5 rings (SSSR count). The Kier molecular flexibility index (Phi) is 2.86. The first-order valence-electron chi connectivity index (χ1n) is 7.81. The predicted octanol–water partition coefficient (Wildman–Crippen LogP) is 3.60. The van der Waals surface area contributed by atoms with Crippen LogP contribution in [0.1, 0.15) is 31.6 Å². The van der Waals surface area contributed by atoms with Gasteiger partial charge in [0.05, 0.1) is 7.11 Å². The molecule has 4 heteroatoms. The van der Waals surface area contributed by atoms with Crippen LogP contribution in [0.25, 0.3) is 0 Å². The largest absolute Gasteiger partial charge is 0.467 e. The van der Waals surface area contributed by atoms with Crippen molar-refractivity contribution in [3.05, 3.63) is 45.8 Å². The van der Waals surface area contributed by atoms with E-state index in [1.165, 1.54) is 24.7 Å². The number of carbonyl (C=O) groups excluding carboxylic acids is 1. The highest BCUT2D eigenvalue weighted by Gasteiger charge is 2.56. The highest BCUT2D eigenvalue weighted by atomic mass is 32.1. The Hall–Kier alpha value is -1.55. The summed E-state index contributed by atoms with van der Waals surface area (Å²) in [6, 6.07) is 3.98. The van der Waals surface area contributed by atoms with E-state index in [1.807, 2.05) is 17.5 Å². The van der Waals surface area contributed by atoms with Crippen LogP contribution < -0.4 is 5.32 Å². The van der Waals surface area contributed by atoms with Gasteiger partial charge in [-0.2, -0.15) is 0 Å². The summed E-state index contributed by atoms with van der Waals surface area (Å²) in [7, 11) is 1.46.